The van der Waals surface area contributed by atoms with Crippen LogP contribution >= 0.6 is 0 Å². The van der Waals surface area contributed by atoms with E-state index in [0.717, 1.165) is 0 Å². The molecule has 0 aromatic carbocycles. The van der Waals surface area contributed by atoms with Crippen molar-refractivity contribution in [3.8, 4) is 12.1 Å². The first-order valence-electron chi connectivity index (χ1n) is 7.58. The molecule has 0 amide bonds. The molecule has 136 valence electrons. The fourth-order valence-electron chi connectivity index (χ4n) is 0.699. The van der Waals surface area contributed by atoms with E-state index in [0.29, 0.717) is 0 Å². The minimum Gasteiger partial charge on any atom is -0.393 e. The van der Waals surface area contributed by atoms with Crippen molar-refractivity contribution in [1.82, 2.24) is 0 Å². The highest BCUT2D eigenvalue weighted by atomic mass is 16.3. The molecule has 8 heteroatoms. The molecule has 8 nitrogen and oxygen atoms in total. The van der Waals surface area contributed by atoms with Crippen LogP contribution in [0.15, 0.2) is 20.5 Å². The van der Waals surface area contributed by atoms with E-state index >= 15 is 0 Å². The normalized spacial score (nSPS) is 17.3. The van der Waals surface area contributed by atoms with Gasteiger partial charge < -0.3 is 10.2 Å². The first-order valence-corrected chi connectivity index (χ1v) is 7.58. The standard InChI is InChI=1S/C8H12N4O2.C8H18N2/c1-7(3-9,5-13)11-12-8(2,4-10)6-14;1-7(2,3)9-10-8(4,5)6/h13-14H,5-6H2,1-2H3;1-6H3. The fourth-order valence-corrected chi connectivity index (χ4v) is 0.699. The van der Waals surface area contributed by atoms with Gasteiger partial charge in [0.2, 0.25) is 0 Å². The molecule has 0 fully saturated rings. The van der Waals surface area contributed by atoms with Gasteiger partial charge in [0.1, 0.15) is 0 Å². The van der Waals surface area contributed by atoms with E-state index in [1.165, 1.54) is 13.8 Å². The summed E-state index contributed by atoms with van der Waals surface area (Å²) in [5.41, 5.74) is -2.78. The summed E-state index contributed by atoms with van der Waals surface area (Å²) >= 11 is 0. The van der Waals surface area contributed by atoms with Crippen LogP contribution in [-0.2, 0) is 0 Å². The molecule has 0 aromatic heterocycles. The Kier molecular flexibility index (Phi) is 9.55. The molecule has 0 aliphatic rings. The highest BCUT2D eigenvalue weighted by Crippen LogP contribution is 2.15. The van der Waals surface area contributed by atoms with Crippen molar-refractivity contribution < 1.29 is 10.2 Å². The van der Waals surface area contributed by atoms with Crippen LogP contribution in [0.25, 0.3) is 0 Å². The third kappa shape index (κ3) is 12.6. The molecular formula is C16H30N6O2. The number of nitrogens with zero attached hydrogens (tertiary/aromatic N) is 6. The van der Waals surface area contributed by atoms with Crippen molar-refractivity contribution in [3.63, 3.8) is 0 Å². The van der Waals surface area contributed by atoms with E-state index < -0.39 is 24.3 Å². The zero-order valence-corrected chi connectivity index (χ0v) is 16.0. The van der Waals surface area contributed by atoms with Crippen molar-refractivity contribution in [3.05, 3.63) is 0 Å². The second-order valence-electron chi connectivity index (χ2n) is 7.83. The van der Waals surface area contributed by atoms with Crippen molar-refractivity contribution in [2.75, 3.05) is 13.2 Å². The molecule has 2 unspecified atom stereocenters. The molecule has 2 N–H and O–H groups in total. The van der Waals surface area contributed by atoms with E-state index in [-0.39, 0.29) is 11.1 Å². The van der Waals surface area contributed by atoms with Crippen molar-refractivity contribution in [2.45, 2.75) is 77.5 Å². The lowest BCUT2D eigenvalue weighted by Gasteiger charge is -2.15. The molecule has 0 bridgehead atoms. The minimum atomic E-state index is -1.35. The zero-order chi connectivity index (χ0) is 19.7. The van der Waals surface area contributed by atoms with E-state index in [2.05, 4.69) is 20.5 Å². The number of aliphatic hydroxyl groups excluding tert-OH is 2. The maximum Gasteiger partial charge on any atom is 0.187 e. The topological polar surface area (TPSA) is 137 Å². The molecule has 0 aromatic rings. The summed E-state index contributed by atoms with van der Waals surface area (Å²) in [5.74, 6) is 0. The average molecular weight is 338 g/mol. The maximum absolute atomic E-state index is 8.81. The molecule has 2 atom stereocenters. The molecule has 0 radical (unpaired) electrons. The Labute approximate surface area is 144 Å². The predicted octanol–water partition coefficient (Wildman–Crippen LogP) is 3.02. The Morgan fingerprint density at radius 3 is 1.00 bits per heavy atom. The van der Waals surface area contributed by atoms with Gasteiger partial charge in [-0.25, -0.2) is 0 Å². The number of hydrogen-bond donors (Lipinski definition) is 2. The highest BCUT2D eigenvalue weighted by molar-refractivity contribution is 5.07. The lowest BCUT2D eigenvalue weighted by molar-refractivity contribution is 0.217. The predicted molar refractivity (Wildman–Crippen MR) is 91.4 cm³/mol. The summed E-state index contributed by atoms with van der Waals surface area (Å²) in [6, 6.07) is 3.49. The molecule has 24 heavy (non-hydrogen) atoms. The van der Waals surface area contributed by atoms with Crippen LogP contribution in [0.1, 0.15) is 55.4 Å². The summed E-state index contributed by atoms with van der Waals surface area (Å²) in [6.45, 7) is 14.1. The number of nitriles is 2. The highest BCUT2D eigenvalue weighted by Gasteiger charge is 2.27. The summed E-state index contributed by atoms with van der Waals surface area (Å²) < 4.78 is 0. The second-order valence-corrected chi connectivity index (χ2v) is 7.83. The van der Waals surface area contributed by atoms with Crippen molar-refractivity contribution >= 4 is 0 Å². The van der Waals surface area contributed by atoms with Crippen molar-refractivity contribution in [1.29, 1.82) is 10.5 Å². The first kappa shape index (κ1) is 24.4. The van der Waals surface area contributed by atoms with E-state index in [4.69, 9.17) is 20.7 Å². The largest absolute Gasteiger partial charge is 0.393 e. The Bertz CT molecular complexity index is 473. The van der Waals surface area contributed by atoms with Gasteiger partial charge in [-0.2, -0.15) is 31.0 Å². The minimum absolute atomic E-state index is 0.0344. The summed E-state index contributed by atoms with van der Waals surface area (Å²) in [5, 5.41) is 50.2. The third-order valence-corrected chi connectivity index (χ3v) is 2.24. The Hall–Kier alpha value is -1.90. The molecule has 0 saturated heterocycles. The molecule has 0 saturated carbocycles. The fraction of sp³-hybridized carbons (Fsp3) is 0.875. The van der Waals surface area contributed by atoms with Crippen LogP contribution in [0.4, 0.5) is 0 Å². The SMILES string of the molecule is CC(C#N)(CO)N=NC(C)(C#N)CO.CC(C)(C)N=NC(C)(C)C. The number of azo groups is 2. The van der Waals surface area contributed by atoms with Gasteiger partial charge >= 0.3 is 0 Å². The van der Waals surface area contributed by atoms with Crippen LogP contribution in [0.2, 0.25) is 0 Å². The van der Waals surface area contributed by atoms with E-state index in [9.17, 15) is 0 Å². The average Bonchev–Trinajstić information content (AvgIpc) is 2.50. The van der Waals surface area contributed by atoms with Crippen molar-refractivity contribution in [2.24, 2.45) is 20.5 Å². The summed E-state index contributed by atoms with van der Waals surface area (Å²) in [6.07, 6.45) is 0. The Morgan fingerprint density at radius 2 is 0.875 bits per heavy atom. The Balaban J connectivity index is 0. The number of rotatable bonds is 4. The van der Waals surface area contributed by atoms with E-state index in [1.807, 2.05) is 41.5 Å². The molecule has 0 spiro atoms. The van der Waals surface area contributed by atoms with Crippen LogP contribution in [0.5, 0.6) is 0 Å². The monoisotopic (exact) mass is 338 g/mol. The Morgan fingerprint density at radius 1 is 0.625 bits per heavy atom. The van der Waals surface area contributed by atoms with E-state index in [1.54, 1.807) is 12.1 Å². The van der Waals surface area contributed by atoms with Gasteiger partial charge in [-0.15, -0.1) is 0 Å². The number of hydrogen-bond acceptors (Lipinski definition) is 8. The molecule has 0 rings (SSSR count). The third-order valence-electron chi connectivity index (χ3n) is 2.24. The zero-order valence-electron chi connectivity index (χ0n) is 16.0. The lowest BCUT2D eigenvalue weighted by Crippen LogP contribution is -2.28. The van der Waals surface area contributed by atoms with Gasteiger partial charge in [0.25, 0.3) is 0 Å². The van der Waals surface area contributed by atoms with Gasteiger partial charge in [-0.05, 0) is 55.4 Å². The van der Waals surface area contributed by atoms with Crippen LogP contribution < -0.4 is 0 Å². The second kappa shape index (κ2) is 9.41. The molecule has 0 aliphatic heterocycles. The van der Waals surface area contributed by atoms with Crippen LogP contribution in [0.3, 0.4) is 0 Å². The lowest BCUT2D eigenvalue weighted by atomic mass is 10.1. The first-order chi connectivity index (χ1) is 10.7. The molecule has 0 heterocycles. The summed E-state index contributed by atoms with van der Waals surface area (Å²) in [4.78, 5) is 0. The quantitative estimate of drug-likeness (QED) is 0.761. The smallest absolute Gasteiger partial charge is 0.187 e. The molecule has 0 aliphatic carbocycles. The van der Waals surface area contributed by atoms with Gasteiger partial charge in [0.05, 0.1) is 36.4 Å². The van der Waals surface area contributed by atoms with Gasteiger partial charge in [0, 0.05) is 0 Å². The maximum atomic E-state index is 8.81. The van der Waals surface area contributed by atoms with Gasteiger partial charge in [0.15, 0.2) is 11.1 Å². The number of aliphatic hydroxyl groups is 2. The molecular weight excluding hydrogens is 308 g/mol. The van der Waals surface area contributed by atoms with Gasteiger partial charge in [-0.1, -0.05) is 0 Å². The van der Waals surface area contributed by atoms with Gasteiger partial charge in [-0.3, -0.25) is 0 Å². The van der Waals surface area contributed by atoms with Crippen LogP contribution in [-0.4, -0.2) is 45.6 Å². The van der Waals surface area contributed by atoms with Crippen LogP contribution in [0, 0.1) is 22.7 Å². The summed E-state index contributed by atoms with van der Waals surface area (Å²) in [7, 11) is 0.